The molecule has 31 heavy (non-hydrogen) atoms. The summed E-state index contributed by atoms with van der Waals surface area (Å²) in [6.07, 6.45) is 2.83. The largest absolute Gasteiger partial charge is 0.368 e. The Morgan fingerprint density at radius 2 is 2.10 bits per heavy atom. The Labute approximate surface area is 186 Å². The van der Waals surface area contributed by atoms with Crippen LogP contribution < -0.4 is 21.4 Å². The zero-order chi connectivity index (χ0) is 23.0. The molecule has 0 fully saturated rings. The van der Waals surface area contributed by atoms with Crippen LogP contribution in [0.1, 0.15) is 60.8 Å². The van der Waals surface area contributed by atoms with Crippen molar-refractivity contribution in [1.29, 1.82) is 0 Å². The number of halogens is 1. The topological polar surface area (TPSA) is 77.9 Å². The molecule has 1 radical (unpaired) electrons. The number of amides is 1. The van der Waals surface area contributed by atoms with E-state index in [0.29, 0.717) is 23.9 Å². The highest BCUT2D eigenvalue weighted by atomic mass is 19.1. The Bertz CT molecular complexity index is 879. The molecule has 1 aliphatic heterocycles. The minimum atomic E-state index is -0.292. The number of carbonyl (C=O) groups excluding carboxylic acids is 1. The van der Waals surface area contributed by atoms with E-state index in [4.69, 9.17) is 0 Å². The van der Waals surface area contributed by atoms with E-state index < -0.39 is 0 Å². The molecule has 0 bridgehead atoms. The van der Waals surface area contributed by atoms with Gasteiger partial charge in [0.2, 0.25) is 0 Å². The molecular formula is C23H34BFN5O. The van der Waals surface area contributed by atoms with Crippen molar-refractivity contribution in [2.24, 2.45) is 9.98 Å². The predicted molar refractivity (Wildman–Crippen MR) is 129 cm³/mol. The molecule has 167 valence electrons. The van der Waals surface area contributed by atoms with Gasteiger partial charge in [-0.3, -0.25) is 4.79 Å². The van der Waals surface area contributed by atoms with Gasteiger partial charge >= 0.3 is 0 Å². The lowest BCUT2D eigenvalue weighted by atomic mass is 9.60. The van der Waals surface area contributed by atoms with Gasteiger partial charge in [-0.2, -0.15) is 0 Å². The van der Waals surface area contributed by atoms with Gasteiger partial charge in [-0.25, -0.2) is 14.4 Å². The van der Waals surface area contributed by atoms with Gasteiger partial charge < -0.3 is 16.0 Å². The van der Waals surface area contributed by atoms with Gasteiger partial charge in [-0.05, 0) is 44.9 Å². The second-order valence-electron chi connectivity index (χ2n) is 8.15. The number of carbonyl (C=O) groups is 1. The van der Waals surface area contributed by atoms with Crippen molar-refractivity contribution in [2.75, 3.05) is 12.0 Å². The van der Waals surface area contributed by atoms with Crippen molar-refractivity contribution in [1.82, 2.24) is 10.6 Å². The summed E-state index contributed by atoms with van der Waals surface area (Å²) in [7, 11) is 1.99. The Morgan fingerprint density at radius 3 is 2.74 bits per heavy atom. The minimum absolute atomic E-state index is 0.141. The van der Waals surface area contributed by atoms with Crippen molar-refractivity contribution < 1.29 is 9.18 Å². The van der Waals surface area contributed by atoms with E-state index in [0.717, 1.165) is 36.1 Å². The fourth-order valence-electron chi connectivity index (χ4n) is 3.32. The lowest BCUT2D eigenvalue weighted by Crippen LogP contribution is -2.38. The molecule has 0 aliphatic carbocycles. The lowest BCUT2D eigenvalue weighted by Gasteiger charge is -2.21. The number of hydrogen-bond donors (Lipinski definition) is 3. The van der Waals surface area contributed by atoms with Crippen molar-refractivity contribution in [2.45, 2.75) is 72.7 Å². The molecule has 6 nitrogen and oxygen atoms in total. The first-order chi connectivity index (χ1) is 14.7. The first-order valence-corrected chi connectivity index (χ1v) is 11.0. The molecule has 8 heteroatoms. The third-order valence-electron chi connectivity index (χ3n) is 5.01. The maximum Gasteiger partial charge on any atom is 0.265 e. The number of aliphatic imine (C=N–C) groups is 2. The molecule has 1 aromatic rings. The summed E-state index contributed by atoms with van der Waals surface area (Å²) in [4.78, 5) is 21.8. The van der Waals surface area contributed by atoms with Crippen molar-refractivity contribution in [3.8, 4) is 0 Å². The fourth-order valence-corrected chi connectivity index (χ4v) is 3.32. The lowest BCUT2D eigenvalue weighted by molar-refractivity contribution is -0.115. The Morgan fingerprint density at radius 1 is 1.35 bits per heavy atom. The van der Waals surface area contributed by atoms with Gasteiger partial charge in [0.25, 0.3) is 5.91 Å². The number of nitrogens with zero attached hydrogens (tertiary/aromatic N) is 2. The third-order valence-corrected chi connectivity index (χ3v) is 5.01. The Hall–Kier alpha value is -2.64. The zero-order valence-corrected chi connectivity index (χ0v) is 19.5. The average molecular weight is 426 g/mol. The number of anilines is 1. The van der Waals surface area contributed by atoms with Gasteiger partial charge in [0.1, 0.15) is 23.9 Å². The van der Waals surface area contributed by atoms with Gasteiger partial charge in [-0.1, -0.05) is 45.4 Å². The number of amidine groups is 1. The van der Waals surface area contributed by atoms with Crippen LogP contribution in [0.5, 0.6) is 0 Å². The highest BCUT2D eigenvalue weighted by Crippen LogP contribution is 2.16. The normalized spacial score (nSPS) is 15.4. The predicted octanol–water partition coefficient (Wildman–Crippen LogP) is 3.74. The Kier molecular flexibility index (Phi) is 9.28. The molecule has 0 spiro atoms. The first kappa shape index (κ1) is 24.6. The summed E-state index contributed by atoms with van der Waals surface area (Å²) >= 11 is 0. The number of hydrogen-bond acceptors (Lipinski definition) is 5. The summed E-state index contributed by atoms with van der Waals surface area (Å²) in [5, 5.41) is 9.51. The second-order valence-corrected chi connectivity index (χ2v) is 8.15. The van der Waals surface area contributed by atoms with E-state index in [2.05, 4.69) is 39.8 Å². The minimum Gasteiger partial charge on any atom is -0.368 e. The first-order valence-electron chi connectivity index (χ1n) is 11.0. The van der Waals surface area contributed by atoms with Crippen LogP contribution in [0.3, 0.4) is 0 Å². The smallest absolute Gasteiger partial charge is 0.265 e. The Balaban J connectivity index is 2.27. The molecule has 1 unspecified atom stereocenters. The standard InChI is InChI=1S/C23H34BFN5O/c1-7-9-18(8-2)29-23(31)16(6)28-21-15(5)26-13-27-22(21)30-20-11-10-17(25)12-19(20)24-14(3)4/h10-12,14,18,26H,7-9,13H2,1-6H3,(H,27,30)(H,29,31). The summed E-state index contributed by atoms with van der Waals surface area (Å²) < 4.78 is 13.8. The third kappa shape index (κ3) is 7.22. The number of allylic oxidation sites excluding steroid dienone is 1. The van der Waals surface area contributed by atoms with E-state index in [1.54, 1.807) is 13.0 Å². The molecule has 2 rings (SSSR count). The van der Waals surface area contributed by atoms with Gasteiger partial charge in [-0.15, -0.1) is 0 Å². The number of rotatable bonds is 9. The quantitative estimate of drug-likeness (QED) is 0.416. The number of benzene rings is 1. The summed E-state index contributed by atoms with van der Waals surface area (Å²) in [6, 6.07) is 4.75. The van der Waals surface area contributed by atoms with Crippen LogP contribution in [-0.2, 0) is 4.79 Å². The molecule has 0 saturated heterocycles. The second kappa shape index (κ2) is 11.7. The summed E-state index contributed by atoms with van der Waals surface area (Å²) in [5.74, 6) is 0.336. The molecule has 1 aromatic carbocycles. The molecule has 0 aromatic heterocycles. The molecule has 1 atom stereocenters. The highest BCUT2D eigenvalue weighted by molar-refractivity contribution is 6.57. The SMILES string of the molecule is CCCC(CC)NC(=O)C(C)=NC1=C(C)NCN=C1Nc1ccc(F)cc1[B]C(C)C. The summed E-state index contributed by atoms with van der Waals surface area (Å²) in [5.41, 5.74) is 3.27. The molecular weight excluding hydrogens is 392 g/mol. The van der Waals surface area contributed by atoms with Crippen LogP contribution in [0, 0.1) is 5.82 Å². The molecule has 1 heterocycles. The summed E-state index contributed by atoms with van der Waals surface area (Å²) in [6.45, 7) is 12.3. The molecule has 1 amide bonds. The maximum absolute atomic E-state index is 13.8. The molecule has 1 aliphatic rings. The van der Waals surface area contributed by atoms with Gasteiger partial charge in [0.05, 0.1) is 0 Å². The van der Waals surface area contributed by atoms with Crippen molar-refractivity contribution in [3.05, 3.63) is 35.4 Å². The maximum atomic E-state index is 13.8. The highest BCUT2D eigenvalue weighted by Gasteiger charge is 2.19. The van der Waals surface area contributed by atoms with Crippen LogP contribution in [0.15, 0.2) is 39.6 Å². The zero-order valence-electron chi connectivity index (χ0n) is 19.5. The van der Waals surface area contributed by atoms with Crippen molar-refractivity contribution >= 4 is 35.9 Å². The van der Waals surface area contributed by atoms with E-state index in [-0.39, 0.29) is 23.6 Å². The van der Waals surface area contributed by atoms with Crippen LogP contribution in [-0.4, -0.2) is 37.4 Å². The van der Waals surface area contributed by atoms with Crippen LogP contribution in [0.2, 0.25) is 5.82 Å². The van der Waals surface area contributed by atoms with E-state index in [1.165, 1.54) is 12.1 Å². The van der Waals surface area contributed by atoms with Gasteiger partial charge in [0.15, 0.2) is 13.1 Å². The van der Waals surface area contributed by atoms with E-state index >= 15 is 0 Å². The van der Waals surface area contributed by atoms with Crippen LogP contribution in [0.25, 0.3) is 0 Å². The van der Waals surface area contributed by atoms with E-state index in [9.17, 15) is 9.18 Å². The number of nitrogens with one attached hydrogen (secondary N) is 3. The van der Waals surface area contributed by atoms with E-state index in [1.807, 2.05) is 28.1 Å². The molecule has 0 saturated carbocycles. The van der Waals surface area contributed by atoms with Crippen LogP contribution >= 0.6 is 0 Å². The molecule has 3 N–H and O–H groups in total. The van der Waals surface area contributed by atoms with Crippen LogP contribution in [0.4, 0.5) is 10.1 Å². The monoisotopic (exact) mass is 426 g/mol. The fraction of sp³-hybridized carbons (Fsp3) is 0.522. The van der Waals surface area contributed by atoms with Crippen molar-refractivity contribution in [3.63, 3.8) is 0 Å². The average Bonchev–Trinajstić information content (AvgIpc) is 2.71. The van der Waals surface area contributed by atoms with Gasteiger partial charge in [0, 0.05) is 17.4 Å².